The number of carbonyl (C=O) groups is 2. The van der Waals surface area contributed by atoms with Crippen LogP contribution in [-0.2, 0) is 9.59 Å². The number of amides is 1. The lowest BCUT2D eigenvalue weighted by Gasteiger charge is -2.38. The lowest BCUT2D eigenvalue weighted by atomic mass is 9.75. The van der Waals surface area contributed by atoms with Crippen molar-refractivity contribution in [3.05, 3.63) is 88.1 Å². The van der Waals surface area contributed by atoms with Crippen molar-refractivity contribution in [1.29, 1.82) is 5.26 Å². The molecule has 3 N–H and O–H groups in total. The summed E-state index contributed by atoms with van der Waals surface area (Å²) in [4.78, 5) is 27.2. The van der Waals surface area contributed by atoms with Crippen LogP contribution in [0.1, 0.15) is 36.3 Å². The van der Waals surface area contributed by atoms with Gasteiger partial charge < -0.3 is 11.1 Å². The summed E-state index contributed by atoms with van der Waals surface area (Å²) in [5.74, 6) is -1.49. The van der Waals surface area contributed by atoms with Crippen molar-refractivity contribution < 1.29 is 14.0 Å². The van der Waals surface area contributed by atoms with Crippen molar-refractivity contribution in [2.75, 3.05) is 16.0 Å². The van der Waals surface area contributed by atoms with Crippen LogP contribution in [-0.4, -0.2) is 27.6 Å². The minimum Gasteiger partial charge on any atom is -0.384 e. The Labute approximate surface area is 227 Å². The first-order chi connectivity index (χ1) is 18.4. The molecule has 1 aromatic heterocycles. The lowest BCUT2D eigenvalue weighted by Crippen LogP contribution is -2.38. The molecular formula is C27H23FN6O2S2. The monoisotopic (exact) mass is 546 g/mol. The van der Waals surface area contributed by atoms with Gasteiger partial charge in [-0.25, -0.2) is 4.39 Å². The van der Waals surface area contributed by atoms with Crippen LogP contribution in [0.4, 0.5) is 15.2 Å². The molecule has 0 spiro atoms. The molecule has 1 aliphatic heterocycles. The van der Waals surface area contributed by atoms with Crippen LogP contribution in [0.3, 0.4) is 0 Å². The lowest BCUT2D eigenvalue weighted by molar-refractivity contribution is -0.116. The number of aryl methyl sites for hydroxylation is 1. The Bertz CT molecular complexity index is 1520. The number of benzene rings is 2. The first-order valence-corrected chi connectivity index (χ1v) is 13.7. The molecule has 1 aliphatic carbocycles. The molecule has 38 heavy (non-hydrogen) atoms. The van der Waals surface area contributed by atoms with Gasteiger partial charge in [0.25, 0.3) is 0 Å². The molecule has 2 aliphatic rings. The molecular weight excluding hydrogens is 523 g/mol. The van der Waals surface area contributed by atoms with Crippen LogP contribution >= 0.6 is 23.1 Å². The van der Waals surface area contributed by atoms with E-state index in [9.17, 15) is 19.2 Å². The van der Waals surface area contributed by atoms with Gasteiger partial charge in [-0.1, -0.05) is 59.0 Å². The second kappa shape index (κ2) is 10.8. The van der Waals surface area contributed by atoms with Gasteiger partial charge in [0.2, 0.25) is 11.0 Å². The predicted molar refractivity (Wildman–Crippen MR) is 145 cm³/mol. The highest BCUT2D eigenvalue weighted by molar-refractivity contribution is 8.01. The second-order valence-corrected chi connectivity index (χ2v) is 11.1. The van der Waals surface area contributed by atoms with Crippen LogP contribution in [0, 0.1) is 24.1 Å². The average Bonchev–Trinajstić information content (AvgIpc) is 3.37. The molecule has 0 saturated carbocycles. The van der Waals surface area contributed by atoms with E-state index in [1.807, 2.05) is 31.2 Å². The number of thioether (sulfide) groups is 1. The third kappa shape index (κ3) is 4.92. The summed E-state index contributed by atoms with van der Waals surface area (Å²) in [6.07, 6.45) is 1.43. The number of nitrogens with zero attached hydrogens (tertiary/aromatic N) is 4. The van der Waals surface area contributed by atoms with Crippen LogP contribution in [0.5, 0.6) is 0 Å². The Hall–Kier alpha value is -4.01. The van der Waals surface area contributed by atoms with E-state index >= 15 is 0 Å². The Balaban J connectivity index is 1.42. The van der Waals surface area contributed by atoms with Gasteiger partial charge in [-0.3, -0.25) is 14.5 Å². The molecule has 5 rings (SSSR count). The molecule has 1 amide bonds. The van der Waals surface area contributed by atoms with Crippen molar-refractivity contribution in [3.63, 3.8) is 0 Å². The van der Waals surface area contributed by atoms with E-state index < -0.39 is 11.7 Å². The largest absolute Gasteiger partial charge is 0.384 e. The first kappa shape index (κ1) is 25.6. The summed E-state index contributed by atoms with van der Waals surface area (Å²) >= 11 is 2.43. The predicted octanol–water partition coefficient (Wildman–Crippen LogP) is 5.02. The number of halogens is 1. The standard InChI is InChI=1S/C27H23FN6O2S2/c1-15-9-11-16(12-10-15)31-22(36)14-37-27-33-32-26(38-27)34-20-7-4-8-21(35)24(20)23(18(13-29)25(34)30)17-5-2-3-6-19(17)28/h2-3,5-6,9-12,23H,4,7-8,14,30H2,1H3,(H,31,36). The van der Waals surface area contributed by atoms with Crippen molar-refractivity contribution in [2.45, 2.75) is 36.4 Å². The van der Waals surface area contributed by atoms with Crippen molar-refractivity contribution >= 4 is 45.6 Å². The third-order valence-corrected chi connectivity index (χ3v) is 8.42. The number of anilines is 2. The number of aromatic nitrogens is 2. The Morgan fingerprint density at radius 1 is 1.24 bits per heavy atom. The zero-order valence-corrected chi connectivity index (χ0v) is 22.0. The van der Waals surface area contributed by atoms with Crippen molar-refractivity contribution in [1.82, 2.24) is 10.2 Å². The van der Waals surface area contributed by atoms with Gasteiger partial charge in [0, 0.05) is 28.9 Å². The van der Waals surface area contributed by atoms with E-state index in [0.29, 0.717) is 45.7 Å². The molecule has 11 heteroatoms. The highest BCUT2D eigenvalue weighted by Crippen LogP contribution is 2.47. The quantitative estimate of drug-likeness (QED) is 0.413. The number of allylic oxidation sites excluding steroid dienone is 3. The van der Waals surface area contributed by atoms with Gasteiger partial charge in [0.15, 0.2) is 10.1 Å². The molecule has 2 heterocycles. The Kier molecular flexibility index (Phi) is 7.26. The number of carbonyl (C=O) groups excluding carboxylic acids is 2. The summed E-state index contributed by atoms with van der Waals surface area (Å²) in [5, 5.41) is 21.7. The minimum atomic E-state index is -0.882. The molecule has 0 radical (unpaired) electrons. The summed E-state index contributed by atoms with van der Waals surface area (Å²) < 4.78 is 15.4. The van der Waals surface area contributed by atoms with Crippen LogP contribution < -0.4 is 16.0 Å². The number of hydrogen-bond donors (Lipinski definition) is 2. The highest BCUT2D eigenvalue weighted by atomic mass is 32.2. The molecule has 1 atom stereocenters. The molecule has 0 saturated heterocycles. The van der Waals surface area contributed by atoms with Crippen LogP contribution in [0.2, 0.25) is 0 Å². The van der Waals surface area contributed by atoms with Gasteiger partial charge >= 0.3 is 0 Å². The molecule has 0 fully saturated rings. The highest BCUT2D eigenvalue weighted by Gasteiger charge is 2.42. The number of nitriles is 1. The topological polar surface area (TPSA) is 125 Å². The fraction of sp³-hybridized carbons (Fsp3) is 0.222. The number of Topliss-reactive ketones (excluding diaryl/α,β-unsaturated/α-hetero) is 1. The maximum absolute atomic E-state index is 14.8. The van der Waals surface area contributed by atoms with Gasteiger partial charge in [-0.15, -0.1) is 10.2 Å². The van der Waals surface area contributed by atoms with Crippen LogP contribution in [0.15, 0.2) is 75.5 Å². The number of hydrogen-bond acceptors (Lipinski definition) is 9. The normalized spacial score (nSPS) is 17.3. The minimum absolute atomic E-state index is 0.0889. The SMILES string of the molecule is Cc1ccc(NC(=O)CSc2nnc(N3C(N)=C(C#N)C(c4ccccc4F)C4=C3CCCC4=O)s2)cc1. The fourth-order valence-corrected chi connectivity index (χ4v) is 6.32. The van der Waals surface area contributed by atoms with Crippen molar-refractivity contribution in [3.8, 4) is 6.07 Å². The maximum Gasteiger partial charge on any atom is 0.234 e. The van der Waals surface area contributed by atoms with Gasteiger partial charge in [-0.05, 0) is 38.0 Å². The summed E-state index contributed by atoms with van der Waals surface area (Å²) in [7, 11) is 0. The molecule has 1 unspecified atom stereocenters. The Morgan fingerprint density at radius 3 is 2.74 bits per heavy atom. The summed E-state index contributed by atoms with van der Waals surface area (Å²) in [6.45, 7) is 1.97. The third-order valence-electron chi connectivity index (χ3n) is 6.38. The number of nitrogens with one attached hydrogen (secondary N) is 1. The maximum atomic E-state index is 14.8. The smallest absolute Gasteiger partial charge is 0.234 e. The van der Waals surface area contributed by atoms with Gasteiger partial charge in [-0.2, -0.15) is 5.26 Å². The number of ketones is 1. The van der Waals surface area contributed by atoms with E-state index in [0.717, 1.165) is 5.56 Å². The zero-order valence-electron chi connectivity index (χ0n) is 20.4. The summed E-state index contributed by atoms with van der Waals surface area (Å²) in [5.41, 5.74) is 9.62. The van der Waals surface area contributed by atoms with E-state index in [2.05, 4.69) is 21.6 Å². The molecule has 8 nitrogen and oxygen atoms in total. The summed E-state index contributed by atoms with van der Waals surface area (Å²) in [6, 6.07) is 15.7. The van der Waals surface area contributed by atoms with E-state index in [-0.39, 0.29) is 34.4 Å². The Morgan fingerprint density at radius 2 is 2.00 bits per heavy atom. The van der Waals surface area contributed by atoms with E-state index in [4.69, 9.17) is 5.73 Å². The van der Waals surface area contributed by atoms with Crippen molar-refractivity contribution in [2.24, 2.45) is 5.73 Å². The average molecular weight is 547 g/mol. The zero-order chi connectivity index (χ0) is 26.8. The van der Waals surface area contributed by atoms with Crippen LogP contribution in [0.25, 0.3) is 0 Å². The van der Waals surface area contributed by atoms with Gasteiger partial charge in [0.05, 0.1) is 23.3 Å². The van der Waals surface area contributed by atoms with Gasteiger partial charge in [0.1, 0.15) is 11.6 Å². The number of rotatable bonds is 6. The van der Waals surface area contributed by atoms with E-state index in [1.165, 1.54) is 29.2 Å². The molecule has 0 bridgehead atoms. The fourth-order valence-electron chi connectivity index (χ4n) is 4.64. The molecule has 192 valence electrons. The second-order valence-electron chi connectivity index (χ2n) is 8.89. The first-order valence-electron chi connectivity index (χ1n) is 11.9. The number of nitrogens with two attached hydrogens (primary N) is 1. The molecule has 3 aromatic rings. The molecule has 2 aromatic carbocycles. The van der Waals surface area contributed by atoms with E-state index in [1.54, 1.807) is 23.1 Å².